The van der Waals surface area contributed by atoms with Gasteiger partial charge in [-0.2, -0.15) is 0 Å². The number of nitrogens with one attached hydrogen (secondary N) is 1. The van der Waals surface area contributed by atoms with Crippen molar-refractivity contribution in [2.24, 2.45) is 0 Å². The minimum Gasteiger partial charge on any atom is -0.340 e. The zero-order chi connectivity index (χ0) is 18.3. The van der Waals surface area contributed by atoms with Crippen molar-refractivity contribution in [3.05, 3.63) is 59.9 Å². The van der Waals surface area contributed by atoms with Gasteiger partial charge in [0, 0.05) is 18.4 Å². The van der Waals surface area contributed by atoms with E-state index < -0.39 is 9.84 Å². The maximum Gasteiger partial charge on any atom is 0.254 e. The highest BCUT2D eigenvalue weighted by molar-refractivity contribution is 7.90. The number of benzene rings is 2. The van der Waals surface area contributed by atoms with Crippen LogP contribution in [0.3, 0.4) is 0 Å². The second kappa shape index (κ2) is 6.25. The number of hydrogen-bond donors (Lipinski definition) is 1. The minimum absolute atomic E-state index is 0.0931. The van der Waals surface area contributed by atoms with Crippen LogP contribution in [0.4, 0.5) is 0 Å². The van der Waals surface area contributed by atoms with Crippen molar-refractivity contribution in [1.29, 1.82) is 0 Å². The zero-order valence-electron chi connectivity index (χ0n) is 14.3. The second-order valence-corrected chi connectivity index (χ2v) is 8.61. The topological polar surface area (TPSA) is 83.1 Å². The molecule has 6 nitrogen and oxygen atoms in total. The molecule has 134 valence electrons. The van der Waals surface area contributed by atoms with Crippen molar-refractivity contribution in [1.82, 2.24) is 14.9 Å². The van der Waals surface area contributed by atoms with Crippen molar-refractivity contribution >= 4 is 26.8 Å². The van der Waals surface area contributed by atoms with Gasteiger partial charge in [0.05, 0.1) is 22.0 Å². The van der Waals surface area contributed by atoms with Crippen LogP contribution in [0.25, 0.3) is 11.0 Å². The molecule has 1 atom stereocenters. The summed E-state index contributed by atoms with van der Waals surface area (Å²) in [6, 6.07) is 13.8. The summed E-state index contributed by atoms with van der Waals surface area (Å²) in [7, 11) is -3.27. The quantitative estimate of drug-likeness (QED) is 0.769. The molecule has 3 aromatic rings. The first-order valence-electron chi connectivity index (χ1n) is 8.49. The molecule has 0 aliphatic carbocycles. The first-order valence-corrected chi connectivity index (χ1v) is 10.4. The summed E-state index contributed by atoms with van der Waals surface area (Å²) in [5, 5.41) is 0. The Kier molecular flexibility index (Phi) is 4.03. The molecule has 7 heteroatoms. The normalized spacial score (nSPS) is 17.7. The van der Waals surface area contributed by atoms with Crippen LogP contribution < -0.4 is 0 Å². The van der Waals surface area contributed by atoms with Gasteiger partial charge in [-0.1, -0.05) is 12.1 Å². The molecule has 1 amide bonds. The lowest BCUT2D eigenvalue weighted by molar-refractivity contribution is 0.0730. The average molecular weight is 369 g/mol. The molecule has 2 aromatic carbocycles. The molecule has 1 aliphatic heterocycles. The van der Waals surface area contributed by atoms with Gasteiger partial charge in [-0.25, -0.2) is 13.4 Å². The number of sulfone groups is 1. The summed E-state index contributed by atoms with van der Waals surface area (Å²) < 4.78 is 23.2. The monoisotopic (exact) mass is 369 g/mol. The van der Waals surface area contributed by atoms with Crippen molar-refractivity contribution < 1.29 is 13.2 Å². The number of H-pyrrole nitrogens is 1. The third-order valence-electron chi connectivity index (χ3n) is 4.77. The van der Waals surface area contributed by atoms with Gasteiger partial charge >= 0.3 is 0 Å². The number of amides is 1. The number of rotatable bonds is 3. The summed E-state index contributed by atoms with van der Waals surface area (Å²) >= 11 is 0. The summed E-state index contributed by atoms with van der Waals surface area (Å²) in [6.07, 6.45) is 2.92. The highest BCUT2D eigenvalue weighted by atomic mass is 32.2. The van der Waals surface area contributed by atoms with Crippen molar-refractivity contribution in [2.45, 2.75) is 23.8 Å². The van der Waals surface area contributed by atoms with Gasteiger partial charge in [0.2, 0.25) is 0 Å². The number of fused-ring (bicyclic) bond motifs is 1. The van der Waals surface area contributed by atoms with Gasteiger partial charge in [0.1, 0.15) is 5.82 Å². The van der Waals surface area contributed by atoms with E-state index in [1.54, 1.807) is 12.1 Å². The van der Waals surface area contributed by atoms with E-state index in [0.29, 0.717) is 12.1 Å². The summed E-state index contributed by atoms with van der Waals surface area (Å²) in [6.45, 7) is 0.661. The van der Waals surface area contributed by atoms with E-state index in [-0.39, 0.29) is 16.8 Å². The van der Waals surface area contributed by atoms with E-state index in [0.717, 1.165) is 36.0 Å². The maximum absolute atomic E-state index is 12.9. The molecule has 4 rings (SSSR count). The molecule has 1 aliphatic rings. The van der Waals surface area contributed by atoms with E-state index >= 15 is 0 Å². The van der Waals surface area contributed by atoms with Gasteiger partial charge in [0.25, 0.3) is 5.91 Å². The molecule has 1 saturated heterocycles. The Morgan fingerprint density at radius 2 is 1.88 bits per heavy atom. The number of aromatic amines is 1. The first-order chi connectivity index (χ1) is 12.4. The van der Waals surface area contributed by atoms with Crippen LogP contribution in [0, 0.1) is 0 Å². The number of carbonyl (C=O) groups excluding carboxylic acids is 1. The van der Waals surface area contributed by atoms with Crippen LogP contribution >= 0.6 is 0 Å². The number of hydrogen-bond acceptors (Lipinski definition) is 4. The molecule has 0 saturated carbocycles. The summed E-state index contributed by atoms with van der Waals surface area (Å²) in [5.74, 6) is 0.692. The lowest BCUT2D eigenvalue weighted by atomic mass is 10.1. The van der Waals surface area contributed by atoms with Crippen LogP contribution in [0.1, 0.15) is 35.1 Å². The molecule has 1 fully saturated rings. The van der Waals surface area contributed by atoms with E-state index in [1.807, 2.05) is 29.2 Å². The van der Waals surface area contributed by atoms with Gasteiger partial charge in [-0.15, -0.1) is 0 Å². The molecule has 0 unspecified atom stereocenters. The molecule has 0 spiro atoms. The van der Waals surface area contributed by atoms with E-state index in [1.165, 1.54) is 12.1 Å². The van der Waals surface area contributed by atoms with Crippen LogP contribution in [0.2, 0.25) is 0 Å². The zero-order valence-corrected chi connectivity index (χ0v) is 15.2. The van der Waals surface area contributed by atoms with Gasteiger partial charge in [-0.3, -0.25) is 4.79 Å². The Morgan fingerprint density at radius 1 is 1.15 bits per heavy atom. The molecule has 0 radical (unpaired) electrons. The Labute approximate surface area is 151 Å². The number of nitrogens with zero attached hydrogens (tertiary/aromatic N) is 2. The molecule has 0 bridgehead atoms. The largest absolute Gasteiger partial charge is 0.340 e. The highest BCUT2D eigenvalue weighted by Crippen LogP contribution is 2.32. The molecule has 2 heterocycles. The van der Waals surface area contributed by atoms with Crippen LogP contribution in [0.5, 0.6) is 0 Å². The lowest BCUT2D eigenvalue weighted by Crippen LogP contribution is -2.31. The fourth-order valence-electron chi connectivity index (χ4n) is 3.43. The maximum atomic E-state index is 12.9. The second-order valence-electron chi connectivity index (χ2n) is 6.59. The third kappa shape index (κ3) is 2.99. The minimum atomic E-state index is -3.27. The van der Waals surface area contributed by atoms with E-state index in [2.05, 4.69) is 9.97 Å². The number of para-hydroxylation sites is 2. The smallest absolute Gasteiger partial charge is 0.254 e. The number of carbonyl (C=O) groups is 1. The highest BCUT2D eigenvalue weighted by Gasteiger charge is 2.32. The van der Waals surface area contributed by atoms with Crippen molar-refractivity contribution in [2.75, 3.05) is 12.8 Å². The van der Waals surface area contributed by atoms with Crippen LogP contribution in [-0.4, -0.2) is 42.0 Å². The fourth-order valence-corrected chi connectivity index (χ4v) is 4.07. The van der Waals surface area contributed by atoms with Gasteiger partial charge in [0.15, 0.2) is 9.84 Å². The Hall–Kier alpha value is -2.67. The third-order valence-corrected chi connectivity index (χ3v) is 5.89. The molecular formula is C19H19N3O3S. The standard InChI is InChI=1S/C19H19N3O3S/c1-26(24,25)14-10-8-13(9-11-14)19(23)22-12-4-7-17(22)18-20-15-5-2-3-6-16(15)21-18/h2-3,5-6,8-11,17H,4,7,12H2,1H3,(H,20,21)/t17-/m0/s1. The predicted octanol–water partition coefficient (Wildman–Crippen LogP) is 2.94. The molecule has 1 aromatic heterocycles. The van der Waals surface area contributed by atoms with E-state index in [9.17, 15) is 13.2 Å². The Morgan fingerprint density at radius 3 is 2.58 bits per heavy atom. The van der Waals surface area contributed by atoms with Crippen molar-refractivity contribution in [3.8, 4) is 0 Å². The molecular weight excluding hydrogens is 350 g/mol. The lowest BCUT2D eigenvalue weighted by Gasteiger charge is -2.23. The van der Waals surface area contributed by atoms with Crippen LogP contribution in [0.15, 0.2) is 53.4 Å². The average Bonchev–Trinajstić information content (AvgIpc) is 3.26. The van der Waals surface area contributed by atoms with Crippen molar-refractivity contribution in [3.63, 3.8) is 0 Å². The number of imidazole rings is 1. The Bertz CT molecular complexity index is 1040. The molecule has 26 heavy (non-hydrogen) atoms. The molecule has 1 N–H and O–H groups in total. The van der Waals surface area contributed by atoms with Gasteiger partial charge < -0.3 is 9.88 Å². The summed E-state index contributed by atoms with van der Waals surface area (Å²) in [4.78, 5) is 22.9. The Balaban J connectivity index is 1.62. The van der Waals surface area contributed by atoms with E-state index in [4.69, 9.17) is 0 Å². The number of aromatic nitrogens is 2. The first kappa shape index (κ1) is 16.8. The van der Waals surface area contributed by atoms with Crippen LogP contribution in [-0.2, 0) is 9.84 Å². The summed E-state index contributed by atoms with van der Waals surface area (Å²) in [5.41, 5.74) is 2.33. The fraction of sp³-hybridized carbons (Fsp3) is 0.263. The SMILES string of the molecule is CS(=O)(=O)c1ccc(C(=O)N2CCC[C@H]2c2nc3ccccc3[nH]2)cc1. The number of likely N-dealkylation sites (tertiary alicyclic amines) is 1. The van der Waals surface area contributed by atoms with Gasteiger partial charge in [-0.05, 0) is 49.2 Å². The predicted molar refractivity (Wildman–Crippen MR) is 98.7 cm³/mol.